The molecular formula is C13H9NO3. The molecule has 1 aliphatic heterocycles. The third-order valence-corrected chi connectivity index (χ3v) is 2.81. The zero-order chi connectivity index (χ0) is 11.8. The van der Waals surface area contributed by atoms with Crippen LogP contribution < -0.4 is 5.32 Å². The summed E-state index contributed by atoms with van der Waals surface area (Å²) in [6.07, 6.45) is 3.46. The van der Waals surface area contributed by atoms with E-state index >= 15 is 0 Å². The largest absolute Gasteiger partial charge is 0.472 e. The molecule has 0 saturated heterocycles. The SMILES string of the molecule is O=C1Cc2cc(-c3ccoc3)ccc2C(=O)N1. The van der Waals surface area contributed by atoms with Crippen molar-refractivity contribution in [3.8, 4) is 11.1 Å². The van der Waals surface area contributed by atoms with Crippen molar-refractivity contribution < 1.29 is 14.0 Å². The number of carbonyl (C=O) groups excluding carboxylic acids is 2. The molecular weight excluding hydrogens is 218 g/mol. The van der Waals surface area contributed by atoms with Gasteiger partial charge in [-0.1, -0.05) is 6.07 Å². The number of rotatable bonds is 1. The maximum Gasteiger partial charge on any atom is 0.258 e. The predicted octanol–water partition coefficient (Wildman–Crippen LogP) is 1.76. The fourth-order valence-corrected chi connectivity index (χ4v) is 1.98. The Morgan fingerprint density at radius 1 is 1.12 bits per heavy atom. The summed E-state index contributed by atoms with van der Waals surface area (Å²) in [5, 5.41) is 2.29. The summed E-state index contributed by atoms with van der Waals surface area (Å²) in [5.41, 5.74) is 3.21. The van der Waals surface area contributed by atoms with E-state index in [-0.39, 0.29) is 18.2 Å². The number of hydrogen-bond donors (Lipinski definition) is 1. The molecule has 2 amide bonds. The van der Waals surface area contributed by atoms with Gasteiger partial charge >= 0.3 is 0 Å². The van der Waals surface area contributed by atoms with E-state index in [1.165, 1.54) is 0 Å². The van der Waals surface area contributed by atoms with Crippen molar-refractivity contribution in [1.82, 2.24) is 5.32 Å². The number of hydrogen-bond acceptors (Lipinski definition) is 3. The van der Waals surface area contributed by atoms with E-state index < -0.39 is 0 Å². The average molecular weight is 227 g/mol. The van der Waals surface area contributed by atoms with Crippen LogP contribution in [0.5, 0.6) is 0 Å². The second kappa shape index (κ2) is 3.59. The number of benzene rings is 1. The Hall–Kier alpha value is -2.36. The van der Waals surface area contributed by atoms with Crippen molar-refractivity contribution >= 4 is 11.8 Å². The van der Waals surface area contributed by atoms with Gasteiger partial charge in [-0.2, -0.15) is 0 Å². The van der Waals surface area contributed by atoms with Crippen LogP contribution in [-0.2, 0) is 11.2 Å². The van der Waals surface area contributed by atoms with Crippen LogP contribution in [0.25, 0.3) is 11.1 Å². The van der Waals surface area contributed by atoms with Gasteiger partial charge in [-0.3, -0.25) is 14.9 Å². The molecule has 1 aromatic heterocycles. The summed E-state index contributed by atoms with van der Waals surface area (Å²) >= 11 is 0. The molecule has 3 rings (SSSR count). The van der Waals surface area contributed by atoms with E-state index in [1.807, 2.05) is 18.2 Å². The highest BCUT2D eigenvalue weighted by Gasteiger charge is 2.22. The zero-order valence-corrected chi connectivity index (χ0v) is 8.90. The van der Waals surface area contributed by atoms with Crippen LogP contribution in [0, 0.1) is 0 Å². The monoisotopic (exact) mass is 227 g/mol. The number of carbonyl (C=O) groups is 2. The molecule has 0 unspecified atom stereocenters. The van der Waals surface area contributed by atoms with E-state index in [0.29, 0.717) is 5.56 Å². The van der Waals surface area contributed by atoms with Gasteiger partial charge in [-0.05, 0) is 29.3 Å². The van der Waals surface area contributed by atoms with Crippen LogP contribution in [0.3, 0.4) is 0 Å². The summed E-state index contributed by atoms with van der Waals surface area (Å²) in [6, 6.07) is 7.28. The number of amides is 2. The van der Waals surface area contributed by atoms with Crippen molar-refractivity contribution in [2.24, 2.45) is 0 Å². The molecule has 0 fully saturated rings. The Labute approximate surface area is 97.2 Å². The molecule has 0 aliphatic carbocycles. The van der Waals surface area contributed by atoms with E-state index in [4.69, 9.17) is 4.42 Å². The lowest BCUT2D eigenvalue weighted by molar-refractivity contribution is -0.119. The number of imide groups is 1. The lowest BCUT2D eigenvalue weighted by Gasteiger charge is -2.15. The van der Waals surface area contributed by atoms with Crippen LogP contribution in [0.4, 0.5) is 0 Å². The van der Waals surface area contributed by atoms with Crippen molar-refractivity contribution in [3.05, 3.63) is 47.9 Å². The Morgan fingerprint density at radius 2 is 2.00 bits per heavy atom. The highest BCUT2D eigenvalue weighted by Crippen LogP contribution is 2.24. The molecule has 1 aromatic carbocycles. The third kappa shape index (κ3) is 1.63. The average Bonchev–Trinajstić information content (AvgIpc) is 2.81. The lowest BCUT2D eigenvalue weighted by atomic mass is 9.95. The molecule has 17 heavy (non-hydrogen) atoms. The number of nitrogens with one attached hydrogen (secondary N) is 1. The topological polar surface area (TPSA) is 59.3 Å². The predicted molar refractivity (Wildman–Crippen MR) is 60.3 cm³/mol. The fraction of sp³-hybridized carbons (Fsp3) is 0.0769. The Morgan fingerprint density at radius 3 is 2.76 bits per heavy atom. The van der Waals surface area contributed by atoms with Crippen LogP contribution >= 0.6 is 0 Å². The molecule has 0 spiro atoms. The first-order valence-electron chi connectivity index (χ1n) is 5.24. The van der Waals surface area contributed by atoms with Gasteiger partial charge in [0.2, 0.25) is 5.91 Å². The van der Waals surface area contributed by atoms with Gasteiger partial charge in [0.15, 0.2) is 0 Å². The van der Waals surface area contributed by atoms with E-state index in [2.05, 4.69) is 5.32 Å². The highest BCUT2D eigenvalue weighted by molar-refractivity contribution is 6.10. The molecule has 1 aliphatic rings. The molecule has 2 heterocycles. The van der Waals surface area contributed by atoms with Gasteiger partial charge in [-0.15, -0.1) is 0 Å². The Balaban J connectivity index is 2.10. The normalized spacial score (nSPS) is 14.4. The first kappa shape index (κ1) is 9.84. The first-order valence-corrected chi connectivity index (χ1v) is 5.24. The first-order chi connectivity index (χ1) is 8.24. The van der Waals surface area contributed by atoms with Gasteiger partial charge in [-0.25, -0.2) is 0 Å². The zero-order valence-electron chi connectivity index (χ0n) is 8.90. The van der Waals surface area contributed by atoms with Crippen molar-refractivity contribution in [2.75, 3.05) is 0 Å². The van der Waals surface area contributed by atoms with Gasteiger partial charge < -0.3 is 4.42 Å². The lowest BCUT2D eigenvalue weighted by Crippen LogP contribution is -2.37. The molecule has 0 radical (unpaired) electrons. The highest BCUT2D eigenvalue weighted by atomic mass is 16.3. The van der Waals surface area contributed by atoms with E-state index in [0.717, 1.165) is 16.7 Å². The van der Waals surface area contributed by atoms with E-state index in [1.54, 1.807) is 18.6 Å². The van der Waals surface area contributed by atoms with E-state index in [9.17, 15) is 9.59 Å². The standard InChI is InChI=1S/C13H9NO3/c15-12-6-10-5-8(9-3-4-17-7-9)1-2-11(10)13(16)14-12/h1-5,7H,6H2,(H,14,15,16). The number of furan rings is 1. The summed E-state index contributed by atoms with van der Waals surface area (Å²) in [5.74, 6) is -0.582. The van der Waals surface area contributed by atoms with Crippen molar-refractivity contribution in [1.29, 1.82) is 0 Å². The molecule has 0 saturated carbocycles. The summed E-state index contributed by atoms with van der Waals surface area (Å²) in [4.78, 5) is 22.8. The van der Waals surface area contributed by atoms with Gasteiger partial charge in [0.1, 0.15) is 0 Å². The Bertz CT molecular complexity index is 599. The quantitative estimate of drug-likeness (QED) is 0.755. The maximum atomic E-state index is 11.5. The van der Waals surface area contributed by atoms with Crippen LogP contribution in [0.15, 0.2) is 41.2 Å². The summed E-state index contributed by atoms with van der Waals surface area (Å²) in [7, 11) is 0. The van der Waals surface area contributed by atoms with Crippen LogP contribution in [0.1, 0.15) is 15.9 Å². The molecule has 4 heteroatoms. The molecule has 0 atom stereocenters. The molecule has 0 bridgehead atoms. The number of fused-ring (bicyclic) bond motifs is 1. The van der Waals surface area contributed by atoms with Crippen LogP contribution in [-0.4, -0.2) is 11.8 Å². The molecule has 84 valence electrons. The second-order valence-corrected chi connectivity index (χ2v) is 3.94. The summed E-state index contributed by atoms with van der Waals surface area (Å²) < 4.78 is 5.01. The van der Waals surface area contributed by atoms with Gasteiger partial charge in [0.05, 0.1) is 18.9 Å². The smallest absolute Gasteiger partial charge is 0.258 e. The third-order valence-electron chi connectivity index (χ3n) is 2.81. The molecule has 4 nitrogen and oxygen atoms in total. The second-order valence-electron chi connectivity index (χ2n) is 3.94. The molecule has 1 N–H and O–H groups in total. The Kier molecular flexibility index (Phi) is 2.08. The molecule has 2 aromatic rings. The maximum absolute atomic E-state index is 11.5. The minimum Gasteiger partial charge on any atom is -0.472 e. The summed E-state index contributed by atoms with van der Waals surface area (Å²) in [6.45, 7) is 0. The van der Waals surface area contributed by atoms with Gasteiger partial charge in [0.25, 0.3) is 5.91 Å². The van der Waals surface area contributed by atoms with Crippen molar-refractivity contribution in [2.45, 2.75) is 6.42 Å². The van der Waals surface area contributed by atoms with Crippen LogP contribution in [0.2, 0.25) is 0 Å². The van der Waals surface area contributed by atoms with Crippen molar-refractivity contribution in [3.63, 3.8) is 0 Å². The fourth-order valence-electron chi connectivity index (χ4n) is 1.98. The minimum atomic E-state index is -0.324. The van der Waals surface area contributed by atoms with Gasteiger partial charge in [0, 0.05) is 11.1 Å². The minimum absolute atomic E-state index is 0.243.